The molecule has 3 rings (SSSR count). The third-order valence-corrected chi connectivity index (χ3v) is 4.30. The SMILES string of the molecule is N/C(=C(/Cl)c1c(-c2ccccc2)nn(CC(F)(F)F)c1N)c1ccccc1. The molecule has 0 unspecified atom stereocenters. The zero-order valence-electron chi connectivity index (χ0n) is 14.0. The predicted molar refractivity (Wildman–Crippen MR) is 101 cm³/mol. The number of nitrogens with two attached hydrogens (primary N) is 2. The molecule has 0 amide bonds. The van der Waals surface area contributed by atoms with Crippen LogP contribution in [0.3, 0.4) is 0 Å². The summed E-state index contributed by atoms with van der Waals surface area (Å²) < 4.78 is 39.4. The molecule has 0 radical (unpaired) electrons. The highest BCUT2D eigenvalue weighted by atomic mass is 35.5. The Morgan fingerprint density at radius 1 is 1.00 bits per heavy atom. The van der Waals surface area contributed by atoms with E-state index in [9.17, 15) is 13.2 Å². The monoisotopic (exact) mass is 392 g/mol. The van der Waals surface area contributed by atoms with Crippen molar-refractivity contribution in [2.75, 3.05) is 5.73 Å². The van der Waals surface area contributed by atoms with Crippen LogP contribution >= 0.6 is 11.6 Å². The average Bonchev–Trinajstić information content (AvgIpc) is 2.96. The Morgan fingerprint density at radius 3 is 2.11 bits per heavy atom. The minimum atomic E-state index is -4.48. The van der Waals surface area contributed by atoms with E-state index >= 15 is 0 Å². The van der Waals surface area contributed by atoms with E-state index in [2.05, 4.69) is 5.10 Å². The molecule has 140 valence electrons. The van der Waals surface area contributed by atoms with Crippen LogP contribution in [0.5, 0.6) is 0 Å². The zero-order chi connectivity index (χ0) is 19.6. The molecule has 0 fully saturated rings. The fraction of sp³-hybridized carbons (Fsp3) is 0.105. The van der Waals surface area contributed by atoms with Gasteiger partial charge in [-0.15, -0.1) is 0 Å². The van der Waals surface area contributed by atoms with Crippen molar-refractivity contribution in [3.8, 4) is 11.3 Å². The summed E-state index contributed by atoms with van der Waals surface area (Å²) in [7, 11) is 0. The van der Waals surface area contributed by atoms with Crippen LogP contribution < -0.4 is 11.5 Å². The average molecular weight is 393 g/mol. The summed E-state index contributed by atoms with van der Waals surface area (Å²) in [6.07, 6.45) is -4.48. The molecular formula is C19H16ClF3N4. The van der Waals surface area contributed by atoms with Gasteiger partial charge in [-0.05, 0) is 5.56 Å². The quantitative estimate of drug-likeness (QED) is 0.675. The Balaban J connectivity index is 2.21. The maximum absolute atomic E-state index is 12.9. The van der Waals surface area contributed by atoms with E-state index < -0.39 is 12.7 Å². The predicted octanol–water partition coefficient (Wildman–Crippen LogP) is 4.72. The van der Waals surface area contributed by atoms with Gasteiger partial charge in [0.2, 0.25) is 0 Å². The van der Waals surface area contributed by atoms with Crippen molar-refractivity contribution in [1.29, 1.82) is 0 Å². The lowest BCUT2D eigenvalue weighted by atomic mass is 10.0. The fourth-order valence-corrected chi connectivity index (χ4v) is 2.95. The smallest absolute Gasteiger partial charge is 0.397 e. The first kappa shape index (κ1) is 18.8. The molecule has 0 saturated heterocycles. The molecule has 0 aliphatic carbocycles. The second-order valence-corrected chi connectivity index (χ2v) is 6.22. The van der Waals surface area contributed by atoms with Crippen LogP contribution in [0.15, 0.2) is 60.7 Å². The Morgan fingerprint density at radius 2 is 1.56 bits per heavy atom. The molecule has 3 aromatic rings. The van der Waals surface area contributed by atoms with Crippen molar-refractivity contribution in [3.05, 3.63) is 71.8 Å². The third kappa shape index (κ3) is 4.09. The number of alkyl halides is 3. The van der Waals surface area contributed by atoms with Crippen molar-refractivity contribution >= 4 is 28.1 Å². The fourth-order valence-electron chi connectivity index (χ4n) is 2.66. The standard InChI is InChI=1S/C19H16ClF3N4/c20-15(16(24)12-7-3-1-4-8-12)14-17(13-9-5-2-6-10-13)26-27(18(14)25)11-19(21,22)23/h1-10H,11,24-25H2/b16-15+. The second-order valence-electron chi connectivity index (χ2n) is 5.84. The summed E-state index contributed by atoms with van der Waals surface area (Å²) in [6, 6.07) is 17.6. The van der Waals surface area contributed by atoms with Crippen molar-refractivity contribution in [2.24, 2.45) is 5.73 Å². The molecule has 0 spiro atoms. The van der Waals surface area contributed by atoms with Crippen LogP contribution in [0.4, 0.5) is 19.0 Å². The number of aromatic nitrogens is 2. The third-order valence-electron chi connectivity index (χ3n) is 3.91. The lowest BCUT2D eigenvalue weighted by Gasteiger charge is -2.09. The molecule has 27 heavy (non-hydrogen) atoms. The topological polar surface area (TPSA) is 69.9 Å². The van der Waals surface area contributed by atoms with E-state index in [1.165, 1.54) is 0 Å². The number of hydrogen-bond acceptors (Lipinski definition) is 3. The number of anilines is 1. The Kier molecular flexibility index (Phi) is 5.14. The van der Waals surface area contributed by atoms with Crippen LogP contribution in [0, 0.1) is 0 Å². The van der Waals surface area contributed by atoms with E-state index in [0.717, 1.165) is 0 Å². The Bertz CT molecular complexity index is 964. The highest BCUT2D eigenvalue weighted by molar-refractivity contribution is 6.53. The van der Waals surface area contributed by atoms with Gasteiger partial charge in [0.1, 0.15) is 18.1 Å². The maximum Gasteiger partial charge on any atom is 0.408 e. The van der Waals surface area contributed by atoms with Crippen molar-refractivity contribution in [2.45, 2.75) is 12.7 Å². The number of halogens is 4. The van der Waals surface area contributed by atoms with E-state index in [1.807, 2.05) is 6.07 Å². The lowest BCUT2D eigenvalue weighted by Crippen LogP contribution is -2.20. The van der Waals surface area contributed by atoms with Gasteiger partial charge < -0.3 is 11.5 Å². The molecular weight excluding hydrogens is 377 g/mol. The molecule has 1 aromatic heterocycles. The molecule has 0 saturated carbocycles. The first-order valence-electron chi connectivity index (χ1n) is 7.97. The minimum absolute atomic E-state index is 0.0472. The van der Waals surface area contributed by atoms with Crippen molar-refractivity contribution < 1.29 is 13.2 Å². The van der Waals surface area contributed by atoms with Gasteiger partial charge in [0.25, 0.3) is 0 Å². The summed E-state index contributed by atoms with van der Waals surface area (Å²) in [6.45, 7) is -1.33. The number of benzene rings is 2. The molecule has 0 aliphatic heterocycles. The van der Waals surface area contributed by atoms with Gasteiger partial charge in [-0.3, -0.25) is 0 Å². The molecule has 0 atom stereocenters. The largest absolute Gasteiger partial charge is 0.408 e. The molecule has 8 heteroatoms. The van der Waals surface area contributed by atoms with E-state index in [0.29, 0.717) is 15.8 Å². The van der Waals surface area contributed by atoms with Gasteiger partial charge >= 0.3 is 6.18 Å². The zero-order valence-corrected chi connectivity index (χ0v) is 14.8. The summed E-state index contributed by atoms with van der Waals surface area (Å²) in [4.78, 5) is 0. The molecule has 4 N–H and O–H groups in total. The van der Waals surface area contributed by atoms with E-state index in [4.69, 9.17) is 23.1 Å². The number of rotatable bonds is 4. The van der Waals surface area contributed by atoms with Crippen LogP contribution in [0.2, 0.25) is 0 Å². The molecule has 0 aliphatic rings. The molecule has 2 aromatic carbocycles. The summed E-state index contributed by atoms with van der Waals surface area (Å²) >= 11 is 6.48. The maximum atomic E-state index is 12.9. The lowest BCUT2D eigenvalue weighted by molar-refractivity contribution is -0.142. The summed E-state index contributed by atoms with van der Waals surface area (Å²) in [5.74, 6) is -0.199. The van der Waals surface area contributed by atoms with Gasteiger partial charge in [0.05, 0.1) is 16.3 Å². The van der Waals surface area contributed by atoms with Crippen molar-refractivity contribution in [3.63, 3.8) is 0 Å². The molecule has 4 nitrogen and oxygen atoms in total. The summed E-state index contributed by atoms with van der Waals surface area (Å²) in [5, 5.41) is 4.11. The second kappa shape index (κ2) is 7.36. The Hall–Kier alpha value is -2.93. The minimum Gasteiger partial charge on any atom is -0.397 e. The van der Waals surface area contributed by atoms with Crippen LogP contribution in [-0.2, 0) is 6.54 Å². The van der Waals surface area contributed by atoms with E-state index in [1.54, 1.807) is 54.6 Å². The highest BCUT2D eigenvalue weighted by Gasteiger charge is 2.32. The van der Waals surface area contributed by atoms with Gasteiger partial charge in [-0.25, -0.2) is 4.68 Å². The van der Waals surface area contributed by atoms with Crippen LogP contribution in [-0.4, -0.2) is 16.0 Å². The molecule has 1 heterocycles. The van der Waals surface area contributed by atoms with E-state index in [-0.39, 0.29) is 27.8 Å². The van der Waals surface area contributed by atoms with Crippen LogP contribution in [0.25, 0.3) is 22.0 Å². The normalized spacial score (nSPS) is 12.7. The van der Waals surface area contributed by atoms with Gasteiger partial charge in [-0.1, -0.05) is 72.3 Å². The highest BCUT2D eigenvalue weighted by Crippen LogP contribution is 2.38. The van der Waals surface area contributed by atoms with Crippen molar-refractivity contribution in [1.82, 2.24) is 9.78 Å². The summed E-state index contributed by atoms with van der Waals surface area (Å²) in [5.41, 5.74) is 14.0. The first-order chi connectivity index (χ1) is 12.8. The molecule has 0 bridgehead atoms. The number of nitrogen functional groups attached to an aromatic ring is 1. The van der Waals surface area contributed by atoms with Crippen LogP contribution in [0.1, 0.15) is 11.1 Å². The number of nitrogens with zero attached hydrogens (tertiary/aromatic N) is 2. The van der Waals surface area contributed by atoms with Gasteiger partial charge in [0, 0.05) is 5.56 Å². The Labute approximate surface area is 158 Å². The van der Waals surface area contributed by atoms with Gasteiger partial charge in [0.15, 0.2) is 0 Å². The van der Waals surface area contributed by atoms with Gasteiger partial charge in [-0.2, -0.15) is 18.3 Å². The first-order valence-corrected chi connectivity index (χ1v) is 8.35. The number of hydrogen-bond donors (Lipinski definition) is 2.